The number of ether oxygens (including phenoxy) is 2. The number of aliphatic hydroxyl groups is 7. The number of hydrogen-bond acceptors (Lipinski definition) is 10. The predicted molar refractivity (Wildman–Crippen MR) is 325 cm³/mol. The Balaban J connectivity index is 2.09. The topological polar surface area (TPSA) is 189 Å². The molecule has 78 heavy (non-hydrogen) atoms. The maximum Gasteiger partial charge on any atom is 0.249 e. The van der Waals surface area contributed by atoms with Crippen molar-refractivity contribution in [2.75, 3.05) is 13.2 Å². The van der Waals surface area contributed by atoms with E-state index in [0.717, 1.165) is 51.4 Å². The number of carbonyl (C=O) groups is 1. The molecule has 1 fully saturated rings. The summed E-state index contributed by atoms with van der Waals surface area (Å²) in [6, 6.07) is -1.19. The largest absolute Gasteiger partial charge is 0.394 e. The first-order valence-corrected chi connectivity index (χ1v) is 33.4. The van der Waals surface area contributed by atoms with Crippen LogP contribution in [-0.2, 0) is 14.3 Å². The highest BCUT2D eigenvalue weighted by Gasteiger charge is 2.44. The van der Waals surface area contributed by atoms with Gasteiger partial charge in [-0.1, -0.05) is 294 Å². The summed E-state index contributed by atoms with van der Waals surface area (Å²) in [7, 11) is 0. The van der Waals surface area contributed by atoms with Crippen LogP contribution in [0.25, 0.3) is 0 Å². The fourth-order valence-corrected chi connectivity index (χ4v) is 10.8. The first-order valence-electron chi connectivity index (χ1n) is 33.4. The standard InChI is InChI=1S/C67H127NO10/c1-3-5-7-9-11-13-15-17-18-19-20-21-22-23-24-25-26-27-28-29-30-31-32-33-34-35-36-37-38-39-40-41-43-45-47-49-51-53-55-60(71)66(76)68-58(57-77-67-65(75)64(74)63(73)61(56-69)78-67)62(72)59(70)54-52-50-48-46-44-42-16-14-12-10-8-6-4-2/h6,8,14,16,46,48,58-65,67,69-75H,3-5,7,9-13,15,17-45,47,49-57H2,1-2H3,(H,68,76)/b8-6+,16-14+,48-46+. The average molecular weight is 1110 g/mol. The van der Waals surface area contributed by atoms with Crippen molar-refractivity contribution in [3.05, 3.63) is 36.5 Å². The maximum atomic E-state index is 13.2. The fraction of sp³-hybridized carbons (Fsp3) is 0.896. The summed E-state index contributed by atoms with van der Waals surface area (Å²) in [5.74, 6) is -0.709. The zero-order valence-electron chi connectivity index (χ0n) is 50.7. The molecule has 1 aliphatic heterocycles. The average Bonchev–Trinajstić information content (AvgIpc) is 3.45. The molecule has 0 radical (unpaired) electrons. The van der Waals surface area contributed by atoms with Crippen molar-refractivity contribution in [3.8, 4) is 0 Å². The molecule has 0 saturated carbocycles. The molecular formula is C67H127NO10. The lowest BCUT2D eigenvalue weighted by Gasteiger charge is -2.40. The smallest absolute Gasteiger partial charge is 0.249 e. The van der Waals surface area contributed by atoms with E-state index in [9.17, 15) is 40.5 Å². The number of allylic oxidation sites excluding steroid dienone is 6. The molecule has 0 bridgehead atoms. The van der Waals surface area contributed by atoms with Crippen LogP contribution < -0.4 is 5.32 Å². The number of nitrogens with one attached hydrogen (secondary N) is 1. The summed E-state index contributed by atoms with van der Waals surface area (Å²) in [4.78, 5) is 13.2. The Bertz CT molecular complexity index is 1360. The van der Waals surface area contributed by atoms with Gasteiger partial charge in [-0.2, -0.15) is 0 Å². The molecule has 0 spiro atoms. The van der Waals surface area contributed by atoms with Crippen molar-refractivity contribution in [2.45, 2.75) is 371 Å². The molecule has 9 atom stereocenters. The van der Waals surface area contributed by atoms with E-state index in [1.54, 1.807) is 0 Å². The summed E-state index contributed by atoms with van der Waals surface area (Å²) in [6.07, 6.45) is 59.9. The van der Waals surface area contributed by atoms with E-state index in [2.05, 4.69) is 55.6 Å². The third-order valence-electron chi connectivity index (χ3n) is 16.2. The van der Waals surface area contributed by atoms with Gasteiger partial charge in [-0.15, -0.1) is 0 Å². The van der Waals surface area contributed by atoms with Crippen molar-refractivity contribution < 1.29 is 50.0 Å². The fourth-order valence-electron chi connectivity index (χ4n) is 10.8. The van der Waals surface area contributed by atoms with E-state index in [-0.39, 0.29) is 12.8 Å². The van der Waals surface area contributed by atoms with E-state index < -0.39 is 74.2 Å². The molecule has 11 heteroatoms. The Hall–Kier alpha value is -1.67. The quantitative estimate of drug-likeness (QED) is 0.0215. The molecule has 0 aromatic rings. The van der Waals surface area contributed by atoms with Gasteiger partial charge >= 0.3 is 0 Å². The molecule has 1 saturated heterocycles. The Morgan fingerprint density at radius 2 is 0.795 bits per heavy atom. The van der Waals surface area contributed by atoms with Crippen molar-refractivity contribution in [2.24, 2.45) is 0 Å². The van der Waals surface area contributed by atoms with Crippen molar-refractivity contribution in [1.82, 2.24) is 5.32 Å². The van der Waals surface area contributed by atoms with Gasteiger partial charge in [-0.05, 0) is 57.8 Å². The van der Waals surface area contributed by atoms with Gasteiger partial charge in [-0.3, -0.25) is 4.79 Å². The van der Waals surface area contributed by atoms with Crippen LogP contribution in [0.3, 0.4) is 0 Å². The van der Waals surface area contributed by atoms with Crippen LogP contribution >= 0.6 is 0 Å². The monoisotopic (exact) mass is 1110 g/mol. The molecule has 1 rings (SSSR count). The molecule has 9 unspecified atom stereocenters. The zero-order chi connectivity index (χ0) is 56.8. The molecular weight excluding hydrogens is 979 g/mol. The van der Waals surface area contributed by atoms with E-state index in [1.807, 2.05) is 0 Å². The van der Waals surface area contributed by atoms with Gasteiger partial charge in [0.25, 0.3) is 0 Å². The van der Waals surface area contributed by atoms with Crippen LogP contribution in [0, 0.1) is 0 Å². The van der Waals surface area contributed by atoms with E-state index in [4.69, 9.17) is 9.47 Å². The molecule has 1 amide bonds. The van der Waals surface area contributed by atoms with E-state index in [0.29, 0.717) is 19.3 Å². The van der Waals surface area contributed by atoms with Crippen LogP contribution in [0.2, 0.25) is 0 Å². The van der Waals surface area contributed by atoms with Gasteiger partial charge in [0.1, 0.15) is 36.6 Å². The lowest BCUT2D eigenvalue weighted by molar-refractivity contribution is -0.303. The number of amides is 1. The molecule has 1 aliphatic rings. The first kappa shape index (κ1) is 74.3. The number of aliphatic hydroxyl groups excluding tert-OH is 7. The first-order chi connectivity index (χ1) is 38.2. The van der Waals surface area contributed by atoms with Gasteiger partial charge < -0.3 is 50.5 Å². The Labute approximate surface area is 479 Å². The van der Waals surface area contributed by atoms with Crippen LogP contribution in [0.5, 0.6) is 0 Å². The number of hydrogen-bond donors (Lipinski definition) is 8. The third kappa shape index (κ3) is 43.1. The lowest BCUT2D eigenvalue weighted by atomic mass is 9.98. The zero-order valence-corrected chi connectivity index (χ0v) is 50.7. The van der Waals surface area contributed by atoms with Crippen molar-refractivity contribution in [3.63, 3.8) is 0 Å². The Morgan fingerprint density at radius 1 is 0.449 bits per heavy atom. The molecule has 0 aromatic heterocycles. The van der Waals surface area contributed by atoms with Crippen molar-refractivity contribution >= 4 is 5.91 Å². The van der Waals surface area contributed by atoms with Crippen molar-refractivity contribution in [1.29, 1.82) is 0 Å². The second-order valence-corrected chi connectivity index (χ2v) is 23.5. The number of rotatable bonds is 58. The summed E-state index contributed by atoms with van der Waals surface area (Å²) in [5.41, 5.74) is 0. The minimum atomic E-state index is -1.67. The molecule has 11 nitrogen and oxygen atoms in total. The van der Waals surface area contributed by atoms with Gasteiger partial charge in [0, 0.05) is 0 Å². The SMILES string of the molecule is CC/C=C/CC/C=C/CC/C=C/CCCC(O)C(O)C(COC1OC(CO)C(O)C(O)C1O)NC(=O)C(O)CCCCCCCCCCCCCCCCCCCCCCCCCCCCCCCCCCCCCCCC. The Morgan fingerprint density at radius 3 is 1.15 bits per heavy atom. The number of carbonyl (C=O) groups excluding carboxylic acids is 1. The van der Waals surface area contributed by atoms with Crippen LogP contribution in [0.15, 0.2) is 36.5 Å². The van der Waals surface area contributed by atoms with Gasteiger partial charge in [0.15, 0.2) is 6.29 Å². The van der Waals surface area contributed by atoms with Gasteiger partial charge in [0.2, 0.25) is 5.91 Å². The normalized spacial score (nSPS) is 19.6. The van der Waals surface area contributed by atoms with Crippen LogP contribution in [0.4, 0.5) is 0 Å². The maximum absolute atomic E-state index is 13.2. The highest BCUT2D eigenvalue weighted by Crippen LogP contribution is 2.24. The summed E-state index contributed by atoms with van der Waals surface area (Å²) >= 11 is 0. The summed E-state index contributed by atoms with van der Waals surface area (Å²) in [5, 5.41) is 76.1. The molecule has 0 aliphatic carbocycles. The molecule has 460 valence electrons. The molecule has 1 heterocycles. The highest BCUT2D eigenvalue weighted by atomic mass is 16.7. The number of unbranched alkanes of at least 4 members (excludes halogenated alkanes) is 40. The van der Waals surface area contributed by atoms with E-state index in [1.165, 1.54) is 218 Å². The van der Waals surface area contributed by atoms with E-state index >= 15 is 0 Å². The summed E-state index contributed by atoms with van der Waals surface area (Å²) in [6.45, 7) is 3.35. The second-order valence-electron chi connectivity index (χ2n) is 23.5. The van der Waals surface area contributed by atoms with Crippen LogP contribution in [0.1, 0.15) is 316 Å². The molecule has 8 N–H and O–H groups in total. The predicted octanol–water partition coefficient (Wildman–Crippen LogP) is 15.4. The second kappa shape index (κ2) is 55.8. The van der Waals surface area contributed by atoms with Crippen LogP contribution in [-0.4, -0.2) is 110 Å². The van der Waals surface area contributed by atoms with Gasteiger partial charge in [0.05, 0.1) is 25.4 Å². The Kier molecular flexibility index (Phi) is 53.2. The minimum Gasteiger partial charge on any atom is -0.394 e. The van der Waals surface area contributed by atoms with Gasteiger partial charge in [-0.25, -0.2) is 0 Å². The minimum absolute atomic E-state index is 0.241. The molecule has 0 aromatic carbocycles. The summed E-state index contributed by atoms with van der Waals surface area (Å²) < 4.78 is 11.1. The third-order valence-corrected chi connectivity index (χ3v) is 16.2. The highest BCUT2D eigenvalue weighted by molar-refractivity contribution is 5.80. The lowest BCUT2D eigenvalue weighted by Crippen LogP contribution is -2.60.